The maximum Gasteiger partial charge on any atom is 0.323 e. The first-order valence-electron chi connectivity index (χ1n) is 5.91. The summed E-state index contributed by atoms with van der Waals surface area (Å²) in [6.45, 7) is 8.42. The Morgan fingerprint density at radius 2 is 1.78 bits per heavy atom. The van der Waals surface area contributed by atoms with Gasteiger partial charge >= 0.3 is 5.97 Å². The number of carboxylic acids is 1. The molecule has 0 saturated carbocycles. The van der Waals surface area contributed by atoms with Gasteiger partial charge in [0.05, 0.1) is 0 Å². The van der Waals surface area contributed by atoms with Crippen molar-refractivity contribution in [1.82, 2.24) is 10.2 Å². The van der Waals surface area contributed by atoms with Crippen molar-refractivity contribution in [2.45, 2.75) is 40.7 Å². The van der Waals surface area contributed by atoms with E-state index in [-0.39, 0.29) is 12.5 Å². The molecule has 0 saturated heterocycles. The number of rotatable bonds is 5. The quantitative estimate of drug-likeness (QED) is 0.750. The van der Waals surface area contributed by atoms with Crippen molar-refractivity contribution in [3.05, 3.63) is 0 Å². The van der Waals surface area contributed by atoms with Crippen LogP contribution >= 0.6 is 0 Å². The fourth-order valence-corrected chi connectivity index (χ4v) is 1.26. The van der Waals surface area contributed by atoms with Crippen LogP contribution in [-0.2, 0) is 14.4 Å². The molecular formula is C12H22N2O4. The van der Waals surface area contributed by atoms with Crippen molar-refractivity contribution >= 4 is 17.8 Å². The van der Waals surface area contributed by atoms with Gasteiger partial charge in [0.1, 0.15) is 12.6 Å². The lowest BCUT2D eigenvalue weighted by molar-refractivity contribution is -0.145. The molecule has 1 unspecified atom stereocenters. The molecule has 0 aromatic rings. The highest BCUT2D eigenvalue weighted by Crippen LogP contribution is 2.13. The number of likely N-dealkylation sites (N-methyl/N-ethyl adjacent to an activating group) is 1. The minimum Gasteiger partial charge on any atom is -0.480 e. The Labute approximate surface area is 107 Å². The van der Waals surface area contributed by atoms with Gasteiger partial charge in [-0.2, -0.15) is 0 Å². The van der Waals surface area contributed by atoms with E-state index in [0.29, 0.717) is 6.54 Å². The normalized spacial score (nSPS) is 12.7. The molecule has 0 spiro atoms. The number of carbonyl (C=O) groups is 3. The smallest absolute Gasteiger partial charge is 0.323 e. The van der Waals surface area contributed by atoms with Crippen LogP contribution in [0.5, 0.6) is 0 Å². The van der Waals surface area contributed by atoms with E-state index < -0.39 is 23.3 Å². The summed E-state index contributed by atoms with van der Waals surface area (Å²) < 4.78 is 0. The van der Waals surface area contributed by atoms with Crippen LogP contribution in [0.3, 0.4) is 0 Å². The van der Waals surface area contributed by atoms with Crippen molar-refractivity contribution in [1.29, 1.82) is 0 Å². The lowest BCUT2D eigenvalue weighted by atomic mass is 9.95. The highest BCUT2D eigenvalue weighted by Gasteiger charge is 2.27. The number of hydrogen-bond acceptors (Lipinski definition) is 3. The Morgan fingerprint density at radius 3 is 2.11 bits per heavy atom. The average Bonchev–Trinajstić information content (AvgIpc) is 2.23. The van der Waals surface area contributed by atoms with E-state index in [4.69, 9.17) is 5.11 Å². The summed E-state index contributed by atoms with van der Waals surface area (Å²) in [6.07, 6.45) is 0. The molecule has 0 bridgehead atoms. The fraction of sp³-hybridized carbons (Fsp3) is 0.750. The number of carbonyl (C=O) groups excluding carboxylic acids is 2. The van der Waals surface area contributed by atoms with Crippen LogP contribution in [0.15, 0.2) is 0 Å². The zero-order valence-electron chi connectivity index (χ0n) is 11.6. The summed E-state index contributed by atoms with van der Waals surface area (Å²) in [7, 11) is 0. The van der Waals surface area contributed by atoms with Crippen molar-refractivity contribution in [3.8, 4) is 0 Å². The first-order valence-corrected chi connectivity index (χ1v) is 5.91. The van der Waals surface area contributed by atoms with E-state index in [0.717, 1.165) is 0 Å². The Bertz CT molecular complexity index is 333. The van der Waals surface area contributed by atoms with Gasteiger partial charge in [-0.3, -0.25) is 14.4 Å². The van der Waals surface area contributed by atoms with E-state index in [1.54, 1.807) is 34.6 Å². The molecule has 1 atom stereocenters. The lowest BCUT2D eigenvalue weighted by Gasteiger charge is -2.26. The Morgan fingerprint density at radius 1 is 1.28 bits per heavy atom. The molecule has 0 aliphatic carbocycles. The molecule has 0 aromatic heterocycles. The van der Waals surface area contributed by atoms with Gasteiger partial charge in [0, 0.05) is 12.0 Å². The van der Waals surface area contributed by atoms with Gasteiger partial charge in [0.15, 0.2) is 0 Å². The van der Waals surface area contributed by atoms with E-state index in [1.165, 1.54) is 4.90 Å². The van der Waals surface area contributed by atoms with Gasteiger partial charge in [0.2, 0.25) is 11.8 Å². The first-order chi connectivity index (χ1) is 8.09. The van der Waals surface area contributed by atoms with Crippen LogP contribution in [0, 0.1) is 5.41 Å². The predicted molar refractivity (Wildman–Crippen MR) is 66.9 cm³/mol. The molecule has 0 heterocycles. The molecule has 2 amide bonds. The standard InChI is InChI=1S/C12H22N2O4/c1-6-14(7-9(15)16)10(17)8(2)13-11(18)12(3,4)5/h8H,6-7H2,1-5H3,(H,13,18)(H,15,16). The largest absolute Gasteiger partial charge is 0.480 e. The van der Waals surface area contributed by atoms with Gasteiger partial charge in [-0.05, 0) is 13.8 Å². The zero-order valence-corrected chi connectivity index (χ0v) is 11.6. The van der Waals surface area contributed by atoms with Gasteiger partial charge in [-0.1, -0.05) is 20.8 Å². The molecule has 0 fully saturated rings. The monoisotopic (exact) mass is 258 g/mol. The second-order valence-corrected chi connectivity index (χ2v) is 5.19. The molecule has 6 nitrogen and oxygen atoms in total. The summed E-state index contributed by atoms with van der Waals surface area (Å²) >= 11 is 0. The molecule has 104 valence electrons. The lowest BCUT2D eigenvalue weighted by Crippen LogP contribution is -2.50. The third-order valence-electron chi connectivity index (χ3n) is 2.42. The number of hydrogen-bond donors (Lipinski definition) is 2. The van der Waals surface area contributed by atoms with Gasteiger partial charge in [-0.15, -0.1) is 0 Å². The SMILES string of the molecule is CCN(CC(=O)O)C(=O)C(C)NC(=O)C(C)(C)C. The minimum atomic E-state index is -1.07. The van der Waals surface area contributed by atoms with E-state index >= 15 is 0 Å². The predicted octanol–water partition coefficient (Wildman–Crippen LogP) is 0.470. The number of nitrogens with zero attached hydrogens (tertiary/aromatic N) is 1. The van der Waals surface area contributed by atoms with Gasteiger partial charge in [0.25, 0.3) is 0 Å². The first kappa shape index (κ1) is 16.4. The van der Waals surface area contributed by atoms with Crippen LogP contribution in [0.1, 0.15) is 34.6 Å². The summed E-state index contributed by atoms with van der Waals surface area (Å²) in [5, 5.41) is 11.3. The molecule has 0 aliphatic rings. The Kier molecular flexibility index (Phi) is 5.81. The summed E-state index contributed by atoms with van der Waals surface area (Å²) in [5.41, 5.74) is -0.585. The molecule has 2 N–H and O–H groups in total. The molecule has 6 heteroatoms. The van der Waals surface area contributed by atoms with Crippen LogP contribution in [0.4, 0.5) is 0 Å². The third kappa shape index (κ3) is 5.16. The Hall–Kier alpha value is -1.59. The number of aliphatic carboxylic acids is 1. The number of carboxylic acid groups (broad SMARTS) is 1. The average molecular weight is 258 g/mol. The topological polar surface area (TPSA) is 86.7 Å². The summed E-state index contributed by atoms with van der Waals surface area (Å²) in [6, 6.07) is -0.726. The number of nitrogens with one attached hydrogen (secondary N) is 1. The highest BCUT2D eigenvalue weighted by molar-refractivity contribution is 5.90. The van der Waals surface area contributed by atoms with Crippen molar-refractivity contribution in [2.75, 3.05) is 13.1 Å². The summed E-state index contributed by atoms with van der Waals surface area (Å²) in [4.78, 5) is 35.4. The second-order valence-electron chi connectivity index (χ2n) is 5.19. The highest BCUT2D eigenvalue weighted by atomic mass is 16.4. The second kappa shape index (κ2) is 6.37. The maximum absolute atomic E-state index is 11.9. The van der Waals surface area contributed by atoms with E-state index in [1.807, 2.05) is 0 Å². The molecule has 0 aliphatic heterocycles. The molecule has 0 aromatic carbocycles. The van der Waals surface area contributed by atoms with Crippen molar-refractivity contribution in [2.24, 2.45) is 5.41 Å². The molecule has 0 rings (SSSR count). The number of amides is 2. The summed E-state index contributed by atoms with van der Waals surface area (Å²) in [5.74, 6) is -1.70. The van der Waals surface area contributed by atoms with Crippen LogP contribution in [-0.4, -0.2) is 46.9 Å². The van der Waals surface area contributed by atoms with E-state index in [9.17, 15) is 14.4 Å². The molecular weight excluding hydrogens is 236 g/mol. The van der Waals surface area contributed by atoms with Crippen molar-refractivity contribution < 1.29 is 19.5 Å². The van der Waals surface area contributed by atoms with Gasteiger partial charge in [-0.25, -0.2) is 0 Å². The maximum atomic E-state index is 11.9. The van der Waals surface area contributed by atoms with E-state index in [2.05, 4.69) is 5.32 Å². The van der Waals surface area contributed by atoms with Gasteiger partial charge < -0.3 is 15.3 Å². The molecule has 0 radical (unpaired) electrons. The minimum absolute atomic E-state index is 0.241. The van der Waals surface area contributed by atoms with Crippen molar-refractivity contribution in [3.63, 3.8) is 0 Å². The van der Waals surface area contributed by atoms with Crippen LogP contribution < -0.4 is 5.32 Å². The third-order valence-corrected chi connectivity index (χ3v) is 2.42. The Balaban J connectivity index is 4.58. The van der Waals surface area contributed by atoms with Crippen LogP contribution in [0.2, 0.25) is 0 Å². The molecule has 18 heavy (non-hydrogen) atoms. The fourth-order valence-electron chi connectivity index (χ4n) is 1.26. The zero-order chi connectivity index (χ0) is 14.5. The van der Waals surface area contributed by atoms with Crippen LogP contribution in [0.25, 0.3) is 0 Å².